The van der Waals surface area contributed by atoms with Crippen LogP contribution in [0.3, 0.4) is 0 Å². The molecule has 7 heteroatoms. The predicted molar refractivity (Wildman–Crippen MR) is 83.9 cm³/mol. The maximum absolute atomic E-state index is 8.74. The lowest BCUT2D eigenvalue weighted by atomic mass is 10.0. The van der Waals surface area contributed by atoms with Gasteiger partial charge in [-0.25, -0.2) is 0 Å². The molecule has 0 aliphatic carbocycles. The smallest absolute Gasteiger partial charge is 0.394 e. The van der Waals surface area contributed by atoms with E-state index in [-0.39, 0.29) is 6.61 Å². The van der Waals surface area contributed by atoms with Crippen LogP contribution in [0.2, 0.25) is 0 Å². The van der Waals surface area contributed by atoms with Gasteiger partial charge in [0.25, 0.3) is 0 Å². The summed E-state index contributed by atoms with van der Waals surface area (Å²) in [6.07, 6.45) is 11.9. The normalized spacial score (nSPS) is 12.6. The Labute approximate surface area is 129 Å². The Hall–Kier alpha value is -0.210. The number of hydrogen-bond acceptors (Lipinski definition) is 4. The highest BCUT2D eigenvalue weighted by atomic mass is 32.3. The van der Waals surface area contributed by atoms with Crippen LogP contribution in [0.25, 0.3) is 0 Å². The van der Waals surface area contributed by atoms with Crippen LogP contribution < -0.4 is 0 Å². The Morgan fingerprint density at radius 1 is 0.905 bits per heavy atom. The zero-order valence-electron chi connectivity index (χ0n) is 13.3. The van der Waals surface area contributed by atoms with Crippen molar-refractivity contribution in [1.29, 1.82) is 0 Å². The predicted octanol–water partition coefficient (Wildman–Crippen LogP) is 3.26. The van der Waals surface area contributed by atoms with Crippen molar-refractivity contribution in [3.8, 4) is 0 Å². The first-order valence-electron chi connectivity index (χ1n) is 7.77. The van der Waals surface area contributed by atoms with Crippen LogP contribution in [-0.2, 0) is 15.1 Å². The van der Waals surface area contributed by atoms with Crippen LogP contribution in [-0.4, -0.2) is 41.9 Å². The highest BCUT2D eigenvalue weighted by Gasteiger charge is 2.07. The van der Waals surface area contributed by atoms with Crippen molar-refractivity contribution in [3.63, 3.8) is 0 Å². The van der Waals surface area contributed by atoms with Crippen molar-refractivity contribution >= 4 is 10.4 Å². The summed E-state index contributed by atoms with van der Waals surface area (Å²) in [5.74, 6) is 0. The van der Waals surface area contributed by atoms with E-state index in [0.29, 0.717) is 12.7 Å². The molecule has 0 amide bonds. The van der Waals surface area contributed by atoms with E-state index in [1.165, 1.54) is 51.4 Å². The third-order valence-corrected chi connectivity index (χ3v) is 2.94. The first-order valence-corrected chi connectivity index (χ1v) is 9.17. The van der Waals surface area contributed by atoms with Crippen molar-refractivity contribution in [1.82, 2.24) is 0 Å². The van der Waals surface area contributed by atoms with E-state index in [1.54, 1.807) is 0 Å². The lowest BCUT2D eigenvalue weighted by molar-refractivity contribution is 0.0177. The molecule has 0 fully saturated rings. The first kappa shape index (κ1) is 23.1. The van der Waals surface area contributed by atoms with Gasteiger partial charge in [0, 0.05) is 0 Å². The SMILES string of the molecule is CCCCCCCCC(CCC)OCCO.O=S(=O)(O)O. The third kappa shape index (κ3) is 28.6. The molecular formula is C14H32O6S. The van der Waals surface area contributed by atoms with E-state index < -0.39 is 10.4 Å². The van der Waals surface area contributed by atoms with Crippen molar-refractivity contribution in [2.24, 2.45) is 0 Å². The lowest BCUT2D eigenvalue weighted by Crippen LogP contribution is -2.15. The summed E-state index contributed by atoms with van der Waals surface area (Å²) < 4.78 is 37.2. The van der Waals surface area contributed by atoms with Gasteiger partial charge in [-0.05, 0) is 12.8 Å². The van der Waals surface area contributed by atoms with Crippen LogP contribution >= 0.6 is 0 Å². The molecule has 6 nitrogen and oxygen atoms in total. The Kier molecular flexibility index (Phi) is 17.8. The van der Waals surface area contributed by atoms with Crippen molar-refractivity contribution in [2.45, 2.75) is 77.7 Å². The topological polar surface area (TPSA) is 104 Å². The van der Waals surface area contributed by atoms with Crippen molar-refractivity contribution < 1.29 is 27.4 Å². The maximum Gasteiger partial charge on any atom is 0.394 e. The number of rotatable bonds is 12. The van der Waals surface area contributed by atoms with Crippen LogP contribution in [0.4, 0.5) is 0 Å². The highest BCUT2D eigenvalue weighted by molar-refractivity contribution is 7.79. The fourth-order valence-corrected chi connectivity index (χ4v) is 2.00. The number of unbranched alkanes of at least 4 members (excludes halogenated alkanes) is 5. The second-order valence-corrected chi connectivity index (χ2v) is 5.91. The summed E-state index contributed by atoms with van der Waals surface area (Å²) in [7, 11) is -4.67. The van der Waals surface area contributed by atoms with Crippen LogP contribution in [0, 0.1) is 0 Å². The zero-order valence-corrected chi connectivity index (χ0v) is 14.1. The molecule has 0 bridgehead atoms. The molecule has 130 valence electrons. The number of hydrogen-bond donors (Lipinski definition) is 3. The molecule has 0 saturated heterocycles. The molecule has 0 aliphatic rings. The summed E-state index contributed by atoms with van der Waals surface area (Å²) in [6, 6.07) is 0. The molecular weight excluding hydrogens is 296 g/mol. The van der Waals surface area contributed by atoms with E-state index in [1.807, 2.05) is 0 Å². The Morgan fingerprint density at radius 3 is 1.90 bits per heavy atom. The number of aliphatic hydroxyl groups excluding tert-OH is 1. The molecule has 0 aromatic heterocycles. The summed E-state index contributed by atoms with van der Waals surface area (Å²) in [5, 5.41) is 8.73. The van der Waals surface area contributed by atoms with E-state index in [0.717, 1.165) is 6.42 Å². The van der Waals surface area contributed by atoms with E-state index in [2.05, 4.69) is 13.8 Å². The summed E-state index contributed by atoms with van der Waals surface area (Å²) in [4.78, 5) is 0. The van der Waals surface area contributed by atoms with Crippen LogP contribution in [0.1, 0.15) is 71.6 Å². The molecule has 0 saturated carbocycles. The van der Waals surface area contributed by atoms with Gasteiger partial charge in [-0.15, -0.1) is 0 Å². The lowest BCUT2D eigenvalue weighted by Gasteiger charge is -2.16. The molecule has 3 N–H and O–H groups in total. The summed E-state index contributed by atoms with van der Waals surface area (Å²) in [5.41, 5.74) is 0. The van der Waals surface area contributed by atoms with E-state index >= 15 is 0 Å². The van der Waals surface area contributed by atoms with Gasteiger partial charge in [0.1, 0.15) is 0 Å². The van der Waals surface area contributed by atoms with Crippen molar-refractivity contribution in [2.75, 3.05) is 13.2 Å². The molecule has 1 unspecified atom stereocenters. The minimum Gasteiger partial charge on any atom is -0.394 e. The van der Waals surface area contributed by atoms with Gasteiger partial charge in [0.15, 0.2) is 0 Å². The van der Waals surface area contributed by atoms with E-state index in [9.17, 15) is 0 Å². The summed E-state index contributed by atoms with van der Waals surface area (Å²) in [6.45, 7) is 5.09. The first-order chi connectivity index (χ1) is 9.85. The fourth-order valence-electron chi connectivity index (χ4n) is 2.00. The molecule has 1 atom stereocenters. The molecule has 0 aromatic carbocycles. The largest absolute Gasteiger partial charge is 0.394 e. The minimum atomic E-state index is -4.67. The Balaban J connectivity index is 0. The highest BCUT2D eigenvalue weighted by Crippen LogP contribution is 2.13. The fraction of sp³-hybridized carbons (Fsp3) is 1.00. The van der Waals surface area contributed by atoms with Gasteiger partial charge in [-0.1, -0.05) is 58.8 Å². The molecule has 21 heavy (non-hydrogen) atoms. The number of aliphatic hydroxyl groups is 1. The minimum absolute atomic E-state index is 0.150. The van der Waals surface area contributed by atoms with Gasteiger partial charge >= 0.3 is 10.4 Å². The monoisotopic (exact) mass is 328 g/mol. The van der Waals surface area contributed by atoms with Gasteiger partial charge in [-0.2, -0.15) is 8.42 Å². The van der Waals surface area contributed by atoms with E-state index in [4.69, 9.17) is 27.4 Å². The second-order valence-electron chi connectivity index (χ2n) is 5.01. The molecule has 0 radical (unpaired) electrons. The van der Waals surface area contributed by atoms with Gasteiger partial charge < -0.3 is 9.84 Å². The zero-order chi connectivity index (χ0) is 16.6. The van der Waals surface area contributed by atoms with Crippen LogP contribution in [0.15, 0.2) is 0 Å². The maximum atomic E-state index is 8.74. The summed E-state index contributed by atoms with van der Waals surface area (Å²) >= 11 is 0. The van der Waals surface area contributed by atoms with Crippen LogP contribution in [0.5, 0.6) is 0 Å². The molecule has 0 aliphatic heterocycles. The molecule has 0 rings (SSSR count). The quantitative estimate of drug-likeness (QED) is 0.375. The molecule has 0 heterocycles. The third-order valence-electron chi connectivity index (χ3n) is 2.94. The Bertz CT molecular complexity index is 284. The van der Waals surface area contributed by atoms with Crippen molar-refractivity contribution in [3.05, 3.63) is 0 Å². The van der Waals surface area contributed by atoms with Gasteiger partial charge in [0.05, 0.1) is 19.3 Å². The standard InChI is InChI=1S/C14H30O2.H2O4S/c1-3-5-6-7-8-9-11-14(10-4-2)16-13-12-15;1-5(2,3)4/h14-15H,3-13H2,1-2H3;(H2,1,2,3,4). The Morgan fingerprint density at radius 2 is 1.43 bits per heavy atom. The second kappa shape index (κ2) is 16.2. The van der Waals surface area contributed by atoms with Gasteiger partial charge in [-0.3, -0.25) is 9.11 Å². The van der Waals surface area contributed by atoms with Gasteiger partial charge in [0.2, 0.25) is 0 Å². The average molecular weight is 328 g/mol. The molecule has 0 spiro atoms. The number of ether oxygens (including phenoxy) is 1. The average Bonchev–Trinajstić information content (AvgIpc) is 2.38. The molecule has 0 aromatic rings.